The Bertz CT molecular complexity index is 355. The second-order valence-corrected chi connectivity index (χ2v) is 4.41. The van der Waals surface area contributed by atoms with Gasteiger partial charge in [0.25, 0.3) is 0 Å². The van der Waals surface area contributed by atoms with Gasteiger partial charge in [0.1, 0.15) is 5.82 Å². The van der Waals surface area contributed by atoms with Crippen LogP contribution in [0.4, 0.5) is 0 Å². The summed E-state index contributed by atoms with van der Waals surface area (Å²) in [5.74, 6) is 1.12. The number of aromatic nitrogens is 2. The number of aryl methyl sites for hydroxylation is 1. The van der Waals surface area contributed by atoms with Gasteiger partial charge in [-0.05, 0) is 19.3 Å². The molecule has 0 unspecified atom stereocenters. The second-order valence-electron chi connectivity index (χ2n) is 4.41. The van der Waals surface area contributed by atoms with Crippen molar-refractivity contribution in [2.75, 3.05) is 6.54 Å². The molecule has 2 rings (SSSR count). The van der Waals surface area contributed by atoms with Crippen molar-refractivity contribution in [3.8, 4) is 0 Å². The molecular weight excluding hydrogens is 202 g/mol. The van der Waals surface area contributed by atoms with Gasteiger partial charge in [0.15, 0.2) is 5.78 Å². The van der Waals surface area contributed by atoms with Gasteiger partial charge in [-0.3, -0.25) is 4.79 Å². The Hall–Kier alpha value is -1.16. The highest BCUT2D eigenvalue weighted by Gasteiger charge is 2.21. The van der Waals surface area contributed by atoms with E-state index in [0.29, 0.717) is 19.0 Å². The lowest BCUT2D eigenvalue weighted by Gasteiger charge is -2.06. The van der Waals surface area contributed by atoms with Crippen molar-refractivity contribution in [2.45, 2.75) is 45.2 Å². The average molecular weight is 221 g/mol. The number of carbonyl (C=O) groups excluding carboxylic acids is 1. The van der Waals surface area contributed by atoms with Gasteiger partial charge in [0.2, 0.25) is 0 Å². The predicted molar refractivity (Wildman–Crippen MR) is 62.3 cm³/mol. The van der Waals surface area contributed by atoms with E-state index in [0.717, 1.165) is 18.8 Å². The molecule has 0 aliphatic heterocycles. The zero-order chi connectivity index (χ0) is 11.4. The molecule has 1 N–H and O–H groups in total. The fourth-order valence-corrected chi connectivity index (χ4v) is 1.74. The van der Waals surface area contributed by atoms with E-state index in [1.165, 1.54) is 12.8 Å². The molecule has 0 spiro atoms. The van der Waals surface area contributed by atoms with E-state index in [1.54, 1.807) is 6.20 Å². The minimum Gasteiger partial charge on any atom is -0.335 e. The number of nitrogens with one attached hydrogen (secondary N) is 1. The Morgan fingerprint density at radius 1 is 1.62 bits per heavy atom. The topological polar surface area (TPSA) is 46.9 Å². The normalized spacial score (nSPS) is 15.3. The zero-order valence-electron chi connectivity index (χ0n) is 9.78. The Kier molecular flexibility index (Phi) is 3.72. The Labute approximate surface area is 96.1 Å². The first-order valence-electron chi connectivity index (χ1n) is 6.04. The number of hydrogen-bond acceptors (Lipinski definition) is 3. The molecule has 0 aromatic carbocycles. The van der Waals surface area contributed by atoms with Crippen LogP contribution in [0.1, 0.15) is 32.0 Å². The van der Waals surface area contributed by atoms with Crippen LogP contribution in [0.3, 0.4) is 0 Å². The van der Waals surface area contributed by atoms with Crippen molar-refractivity contribution < 1.29 is 4.79 Å². The molecule has 1 aliphatic rings. The maximum absolute atomic E-state index is 11.7. The van der Waals surface area contributed by atoms with Gasteiger partial charge < -0.3 is 9.88 Å². The van der Waals surface area contributed by atoms with Crippen LogP contribution in [-0.2, 0) is 17.8 Å². The first-order chi connectivity index (χ1) is 7.79. The molecule has 4 nitrogen and oxygen atoms in total. The van der Waals surface area contributed by atoms with Gasteiger partial charge in [-0.15, -0.1) is 0 Å². The van der Waals surface area contributed by atoms with Crippen molar-refractivity contribution in [3.05, 3.63) is 18.2 Å². The third kappa shape index (κ3) is 3.17. The lowest BCUT2D eigenvalue weighted by Crippen LogP contribution is -2.26. The quantitative estimate of drug-likeness (QED) is 0.751. The zero-order valence-corrected chi connectivity index (χ0v) is 9.78. The second kappa shape index (κ2) is 5.25. The van der Waals surface area contributed by atoms with Gasteiger partial charge >= 0.3 is 0 Å². The summed E-state index contributed by atoms with van der Waals surface area (Å²) in [7, 11) is 0. The van der Waals surface area contributed by atoms with E-state index >= 15 is 0 Å². The van der Waals surface area contributed by atoms with Crippen molar-refractivity contribution in [1.82, 2.24) is 14.9 Å². The van der Waals surface area contributed by atoms with Crippen LogP contribution in [0.25, 0.3) is 0 Å². The van der Waals surface area contributed by atoms with E-state index < -0.39 is 0 Å². The standard InChI is InChI=1S/C12H19N3O/c1-2-6-15-7-5-13-12(15)8-11(16)9-14-10-3-4-10/h5,7,10,14H,2-4,6,8-9H2,1H3. The minimum atomic E-state index is 0.232. The van der Waals surface area contributed by atoms with Crippen molar-refractivity contribution in [1.29, 1.82) is 0 Å². The van der Waals surface area contributed by atoms with Crippen LogP contribution in [0.5, 0.6) is 0 Å². The first kappa shape index (κ1) is 11.3. The molecule has 0 radical (unpaired) electrons. The first-order valence-corrected chi connectivity index (χ1v) is 6.04. The number of nitrogens with zero attached hydrogens (tertiary/aromatic N) is 2. The molecular formula is C12H19N3O. The molecule has 1 heterocycles. The number of imidazole rings is 1. The van der Waals surface area contributed by atoms with E-state index in [1.807, 2.05) is 6.20 Å². The van der Waals surface area contributed by atoms with E-state index in [9.17, 15) is 4.79 Å². The monoisotopic (exact) mass is 221 g/mol. The van der Waals surface area contributed by atoms with Gasteiger partial charge in [-0.1, -0.05) is 6.92 Å². The predicted octanol–water partition coefficient (Wildman–Crippen LogP) is 1.16. The summed E-state index contributed by atoms with van der Waals surface area (Å²) >= 11 is 0. The highest BCUT2D eigenvalue weighted by Crippen LogP contribution is 2.18. The fraction of sp³-hybridized carbons (Fsp3) is 0.667. The molecule has 0 bridgehead atoms. The minimum absolute atomic E-state index is 0.232. The molecule has 0 amide bonds. The summed E-state index contributed by atoms with van der Waals surface area (Å²) in [4.78, 5) is 15.9. The van der Waals surface area contributed by atoms with Crippen molar-refractivity contribution in [3.63, 3.8) is 0 Å². The van der Waals surface area contributed by atoms with E-state index in [4.69, 9.17) is 0 Å². The van der Waals surface area contributed by atoms with Crippen LogP contribution < -0.4 is 5.32 Å². The van der Waals surface area contributed by atoms with E-state index in [-0.39, 0.29) is 5.78 Å². The van der Waals surface area contributed by atoms with Gasteiger partial charge in [-0.25, -0.2) is 4.98 Å². The molecule has 1 aliphatic carbocycles. The van der Waals surface area contributed by atoms with Gasteiger partial charge in [0.05, 0.1) is 13.0 Å². The SMILES string of the molecule is CCCn1ccnc1CC(=O)CNC1CC1. The average Bonchev–Trinajstić information content (AvgIpc) is 3.00. The third-order valence-electron chi connectivity index (χ3n) is 2.79. The number of ketones is 1. The Morgan fingerprint density at radius 2 is 2.44 bits per heavy atom. The number of Topliss-reactive ketones (excluding diaryl/α,β-unsaturated/α-hetero) is 1. The maximum Gasteiger partial charge on any atom is 0.154 e. The van der Waals surface area contributed by atoms with Crippen molar-refractivity contribution >= 4 is 5.78 Å². The molecule has 16 heavy (non-hydrogen) atoms. The Balaban J connectivity index is 1.81. The van der Waals surface area contributed by atoms with Crippen LogP contribution in [0.15, 0.2) is 12.4 Å². The molecule has 1 aromatic rings. The maximum atomic E-state index is 11.7. The number of carbonyl (C=O) groups is 1. The molecule has 1 fully saturated rings. The summed E-state index contributed by atoms with van der Waals surface area (Å²) in [6, 6.07) is 0.597. The molecule has 1 saturated carbocycles. The lowest BCUT2D eigenvalue weighted by molar-refractivity contribution is -0.117. The number of rotatable bonds is 7. The molecule has 0 saturated heterocycles. The van der Waals surface area contributed by atoms with Gasteiger partial charge in [0, 0.05) is 25.0 Å². The largest absolute Gasteiger partial charge is 0.335 e. The van der Waals surface area contributed by atoms with Crippen LogP contribution in [-0.4, -0.2) is 27.9 Å². The van der Waals surface area contributed by atoms with Crippen molar-refractivity contribution in [2.24, 2.45) is 0 Å². The van der Waals surface area contributed by atoms with Gasteiger partial charge in [-0.2, -0.15) is 0 Å². The highest BCUT2D eigenvalue weighted by atomic mass is 16.1. The lowest BCUT2D eigenvalue weighted by atomic mass is 10.2. The summed E-state index contributed by atoms with van der Waals surface area (Å²) in [6.45, 7) is 3.56. The summed E-state index contributed by atoms with van der Waals surface area (Å²) in [5, 5.41) is 3.23. The van der Waals surface area contributed by atoms with E-state index in [2.05, 4.69) is 21.8 Å². The molecule has 4 heteroatoms. The summed E-state index contributed by atoms with van der Waals surface area (Å²) in [5.41, 5.74) is 0. The van der Waals surface area contributed by atoms with Crippen LogP contribution >= 0.6 is 0 Å². The fourth-order valence-electron chi connectivity index (χ4n) is 1.74. The summed E-state index contributed by atoms with van der Waals surface area (Å²) in [6.07, 6.45) is 7.67. The molecule has 0 atom stereocenters. The highest BCUT2D eigenvalue weighted by molar-refractivity contribution is 5.82. The smallest absolute Gasteiger partial charge is 0.154 e. The number of hydrogen-bond donors (Lipinski definition) is 1. The molecule has 1 aromatic heterocycles. The molecule has 88 valence electrons. The van der Waals surface area contributed by atoms with Crippen LogP contribution in [0, 0.1) is 0 Å². The van der Waals surface area contributed by atoms with Crippen LogP contribution in [0.2, 0.25) is 0 Å². The Morgan fingerprint density at radius 3 is 3.12 bits per heavy atom. The third-order valence-corrected chi connectivity index (χ3v) is 2.79. The summed E-state index contributed by atoms with van der Waals surface area (Å²) < 4.78 is 2.06.